The molecule has 4 rings (SSSR count). The van der Waals surface area contributed by atoms with Gasteiger partial charge in [-0.15, -0.1) is 11.3 Å². The fraction of sp³-hybridized carbons (Fsp3) is 0.333. The zero-order valence-electron chi connectivity index (χ0n) is 19.0. The maximum atomic E-state index is 13.9. The number of rotatable bonds is 5. The predicted molar refractivity (Wildman–Crippen MR) is 133 cm³/mol. The van der Waals surface area contributed by atoms with Crippen molar-refractivity contribution < 1.29 is 9.13 Å². The molecular formula is C27H26ClFN2OS. The highest BCUT2D eigenvalue weighted by Crippen LogP contribution is 2.44. The molecule has 0 saturated carbocycles. The van der Waals surface area contributed by atoms with Crippen LogP contribution in [0.25, 0.3) is 0 Å². The van der Waals surface area contributed by atoms with Gasteiger partial charge in [-0.3, -0.25) is 0 Å². The first-order valence-corrected chi connectivity index (χ1v) is 12.2. The number of hydrogen-bond donors (Lipinski definition) is 0. The van der Waals surface area contributed by atoms with Crippen LogP contribution in [0.3, 0.4) is 0 Å². The standard InChI is InChI=1S/C27H26ClFN2OS/c1-27(2,3)18-9-12-20-21(14-30)26(33-25(20)13-18)31-15-17-7-10-19(11-8-17)32-16-22-23(28)5-4-6-24(22)29/h4-8,10-11,15,18H,9,12-13,16H2,1-3H3/t18-/m0/s1. The molecule has 3 nitrogen and oxygen atoms in total. The molecule has 0 bridgehead atoms. The number of halogens is 2. The smallest absolute Gasteiger partial charge is 0.134 e. The second kappa shape index (κ2) is 9.67. The average Bonchev–Trinajstić information content (AvgIpc) is 3.14. The highest BCUT2D eigenvalue weighted by Gasteiger charge is 2.32. The van der Waals surface area contributed by atoms with Gasteiger partial charge in [0.2, 0.25) is 0 Å². The Morgan fingerprint density at radius 2 is 2.00 bits per heavy atom. The van der Waals surface area contributed by atoms with E-state index in [0.717, 1.165) is 35.4 Å². The summed E-state index contributed by atoms with van der Waals surface area (Å²) in [5.41, 5.74) is 3.41. The summed E-state index contributed by atoms with van der Waals surface area (Å²) in [6.07, 6.45) is 4.86. The van der Waals surface area contributed by atoms with Crippen LogP contribution in [0.4, 0.5) is 9.39 Å². The minimum Gasteiger partial charge on any atom is -0.489 e. The van der Waals surface area contributed by atoms with Crippen LogP contribution in [0.1, 0.15) is 54.3 Å². The van der Waals surface area contributed by atoms with Crippen molar-refractivity contribution in [3.8, 4) is 11.8 Å². The first-order valence-electron chi connectivity index (χ1n) is 11.0. The fourth-order valence-corrected chi connectivity index (χ4v) is 5.57. The minimum absolute atomic E-state index is 0.0563. The van der Waals surface area contributed by atoms with Crippen molar-refractivity contribution in [3.05, 3.63) is 80.4 Å². The maximum Gasteiger partial charge on any atom is 0.134 e. The molecule has 2 aromatic carbocycles. The summed E-state index contributed by atoms with van der Waals surface area (Å²) in [4.78, 5) is 5.96. The quantitative estimate of drug-likeness (QED) is 0.348. The molecule has 1 atom stereocenters. The summed E-state index contributed by atoms with van der Waals surface area (Å²) in [5, 5.41) is 10.9. The van der Waals surface area contributed by atoms with Crippen LogP contribution in [-0.2, 0) is 19.4 Å². The number of nitrogens with zero attached hydrogens (tertiary/aromatic N) is 2. The van der Waals surface area contributed by atoms with Gasteiger partial charge in [0.05, 0.1) is 10.6 Å². The van der Waals surface area contributed by atoms with E-state index in [1.807, 2.05) is 24.3 Å². The van der Waals surface area contributed by atoms with Gasteiger partial charge in [0.25, 0.3) is 0 Å². The Labute approximate surface area is 203 Å². The minimum atomic E-state index is -0.382. The van der Waals surface area contributed by atoms with Gasteiger partial charge in [0.1, 0.15) is 29.2 Å². The average molecular weight is 481 g/mol. The van der Waals surface area contributed by atoms with Crippen molar-refractivity contribution in [2.45, 2.75) is 46.6 Å². The third-order valence-electron chi connectivity index (χ3n) is 6.24. The van der Waals surface area contributed by atoms with Crippen molar-refractivity contribution >= 4 is 34.2 Å². The molecular weight excluding hydrogens is 455 g/mol. The Hall–Kier alpha value is -2.68. The van der Waals surface area contributed by atoms with E-state index in [0.29, 0.717) is 22.3 Å². The molecule has 6 heteroatoms. The van der Waals surface area contributed by atoms with Crippen molar-refractivity contribution in [1.82, 2.24) is 0 Å². The monoisotopic (exact) mass is 480 g/mol. The SMILES string of the molecule is CC(C)(C)[C@H]1CCc2c(sc(N=Cc3ccc(OCc4c(F)cccc4Cl)cc3)c2C#N)C1. The number of nitriles is 1. The van der Waals surface area contributed by atoms with Crippen LogP contribution >= 0.6 is 22.9 Å². The predicted octanol–water partition coefficient (Wildman–Crippen LogP) is 7.89. The van der Waals surface area contributed by atoms with Crippen LogP contribution in [0.5, 0.6) is 5.75 Å². The Bertz CT molecular complexity index is 1200. The molecule has 0 amide bonds. The van der Waals surface area contributed by atoms with E-state index in [4.69, 9.17) is 16.3 Å². The van der Waals surface area contributed by atoms with E-state index in [1.165, 1.54) is 16.5 Å². The number of benzene rings is 2. The number of hydrogen-bond acceptors (Lipinski definition) is 4. The van der Waals surface area contributed by atoms with Crippen LogP contribution in [0.15, 0.2) is 47.5 Å². The number of aliphatic imine (C=N–C) groups is 1. The van der Waals surface area contributed by atoms with Crippen LogP contribution in [0, 0.1) is 28.5 Å². The van der Waals surface area contributed by atoms with Gasteiger partial charge in [-0.05, 0) is 78.1 Å². The molecule has 3 aromatic rings. The van der Waals surface area contributed by atoms with Gasteiger partial charge in [-0.1, -0.05) is 38.4 Å². The third-order valence-corrected chi connectivity index (χ3v) is 7.76. The molecule has 0 aliphatic heterocycles. The maximum absolute atomic E-state index is 13.9. The number of thiophene rings is 1. The lowest BCUT2D eigenvalue weighted by atomic mass is 9.72. The lowest BCUT2D eigenvalue weighted by Crippen LogP contribution is -2.26. The summed E-state index contributed by atoms with van der Waals surface area (Å²) in [6.45, 7) is 6.93. The number of ether oxygens (including phenoxy) is 1. The second-order valence-corrected chi connectivity index (χ2v) is 10.9. The van der Waals surface area contributed by atoms with Crippen molar-refractivity contribution in [2.75, 3.05) is 0 Å². The molecule has 0 spiro atoms. The van der Waals surface area contributed by atoms with Crippen molar-refractivity contribution in [3.63, 3.8) is 0 Å². The van der Waals surface area contributed by atoms with Gasteiger partial charge in [-0.2, -0.15) is 5.26 Å². The summed E-state index contributed by atoms with van der Waals surface area (Å²) in [6, 6.07) is 14.4. The van der Waals surface area contributed by atoms with E-state index < -0.39 is 0 Å². The van der Waals surface area contributed by atoms with E-state index in [9.17, 15) is 9.65 Å². The van der Waals surface area contributed by atoms with Gasteiger partial charge in [-0.25, -0.2) is 9.38 Å². The Morgan fingerprint density at radius 1 is 1.24 bits per heavy atom. The lowest BCUT2D eigenvalue weighted by molar-refractivity contribution is 0.218. The molecule has 1 heterocycles. The van der Waals surface area contributed by atoms with Crippen LogP contribution in [0.2, 0.25) is 5.02 Å². The Morgan fingerprint density at radius 3 is 2.67 bits per heavy atom. The molecule has 0 N–H and O–H groups in total. The van der Waals surface area contributed by atoms with E-state index >= 15 is 0 Å². The number of fused-ring (bicyclic) bond motifs is 1. The molecule has 1 aliphatic rings. The van der Waals surface area contributed by atoms with E-state index in [1.54, 1.807) is 29.7 Å². The molecule has 1 aromatic heterocycles. The van der Waals surface area contributed by atoms with E-state index in [2.05, 4.69) is 31.8 Å². The van der Waals surface area contributed by atoms with Crippen LogP contribution < -0.4 is 4.74 Å². The highest BCUT2D eigenvalue weighted by molar-refractivity contribution is 7.16. The first kappa shape index (κ1) is 23.5. The molecule has 0 unspecified atom stereocenters. The summed E-state index contributed by atoms with van der Waals surface area (Å²) >= 11 is 7.70. The third kappa shape index (κ3) is 5.29. The zero-order valence-corrected chi connectivity index (χ0v) is 20.6. The molecule has 170 valence electrons. The molecule has 0 radical (unpaired) electrons. The molecule has 33 heavy (non-hydrogen) atoms. The Kier molecular flexibility index (Phi) is 6.88. The lowest BCUT2D eigenvalue weighted by Gasteiger charge is -2.33. The summed E-state index contributed by atoms with van der Waals surface area (Å²) in [7, 11) is 0. The van der Waals surface area contributed by atoms with Crippen molar-refractivity contribution in [1.29, 1.82) is 5.26 Å². The summed E-state index contributed by atoms with van der Waals surface area (Å²) < 4.78 is 19.6. The van der Waals surface area contributed by atoms with Gasteiger partial charge in [0.15, 0.2) is 0 Å². The molecule has 1 aliphatic carbocycles. The summed E-state index contributed by atoms with van der Waals surface area (Å²) in [5.74, 6) is 0.856. The van der Waals surface area contributed by atoms with Gasteiger partial charge in [0, 0.05) is 16.7 Å². The second-order valence-electron chi connectivity index (χ2n) is 9.42. The van der Waals surface area contributed by atoms with E-state index in [-0.39, 0.29) is 17.8 Å². The largest absolute Gasteiger partial charge is 0.489 e. The zero-order chi connectivity index (χ0) is 23.6. The van der Waals surface area contributed by atoms with Crippen LogP contribution in [-0.4, -0.2) is 6.21 Å². The van der Waals surface area contributed by atoms with Gasteiger partial charge < -0.3 is 4.74 Å². The topological polar surface area (TPSA) is 45.4 Å². The molecule has 0 fully saturated rings. The van der Waals surface area contributed by atoms with Crippen molar-refractivity contribution in [2.24, 2.45) is 16.3 Å². The normalized spacial score (nSPS) is 15.9. The first-order chi connectivity index (χ1) is 15.8. The fourth-order valence-electron chi connectivity index (χ4n) is 4.13. The highest BCUT2D eigenvalue weighted by atomic mass is 35.5. The Balaban J connectivity index is 1.46. The molecule has 0 saturated heterocycles. The van der Waals surface area contributed by atoms with Gasteiger partial charge >= 0.3 is 0 Å².